The Morgan fingerprint density at radius 1 is 0.600 bits per heavy atom. The van der Waals surface area contributed by atoms with Gasteiger partial charge in [-0.15, -0.1) is 0 Å². The molecule has 0 aliphatic heterocycles. The fourth-order valence-electron chi connectivity index (χ4n) is 2.45. The number of carbonyl (C=O) groups is 4. The maximum atomic E-state index is 12.2. The number of methoxy groups -OCH3 is 2. The van der Waals surface area contributed by atoms with Gasteiger partial charge in [0.1, 0.15) is 11.5 Å². The smallest absolute Gasteiger partial charge is 0.343 e. The van der Waals surface area contributed by atoms with E-state index in [1.165, 1.54) is 38.5 Å². The monoisotopic (exact) mass is 408 g/mol. The highest BCUT2D eigenvalue weighted by molar-refractivity contribution is 6.19. The van der Waals surface area contributed by atoms with E-state index < -0.39 is 35.0 Å². The molecular weight excluding hydrogens is 392 g/mol. The highest BCUT2D eigenvalue weighted by Crippen LogP contribution is 2.19. The molecule has 0 spiro atoms. The Hall–Kier alpha value is -4.20. The molecule has 0 heterocycles. The van der Waals surface area contributed by atoms with Gasteiger partial charge in [0.05, 0.1) is 25.3 Å². The maximum absolute atomic E-state index is 12.2. The van der Waals surface area contributed by atoms with Gasteiger partial charge in [0.15, 0.2) is 11.5 Å². The summed E-state index contributed by atoms with van der Waals surface area (Å²) in [6, 6.07) is 12.0. The minimum atomic E-state index is -0.822. The average Bonchev–Trinajstić information content (AvgIpc) is 2.77. The van der Waals surface area contributed by atoms with Crippen molar-refractivity contribution < 1.29 is 38.1 Å². The summed E-state index contributed by atoms with van der Waals surface area (Å²) in [7, 11) is 2.96. The van der Waals surface area contributed by atoms with Crippen molar-refractivity contribution in [1.29, 1.82) is 0 Å². The summed E-state index contributed by atoms with van der Waals surface area (Å²) in [4.78, 5) is 48.8. The molecule has 0 saturated heterocycles. The highest BCUT2D eigenvalue weighted by Gasteiger charge is 2.27. The second kappa shape index (κ2) is 8.87. The standard InChI is InChI=1S/C22H16O8/c1-27-15-7-3-13(4-8-15)21(25)29-19-11-18(24)20(12-17(19)23)30-22(26)14-5-9-16(28-2)10-6-14/h3-12H,1-2H3. The summed E-state index contributed by atoms with van der Waals surface area (Å²) in [5, 5.41) is 0. The highest BCUT2D eigenvalue weighted by atomic mass is 16.5. The number of carbonyl (C=O) groups excluding carboxylic acids is 4. The van der Waals surface area contributed by atoms with Crippen molar-refractivity contribution in [3.8, 4) is 11.5 Å². The summed E-state index contributed by atoms with van der Waals surface area (Å²) in [5.41, 5.74) is 0.329. The number of hydrogen-bond donors (Lipinski definition) is 0. The lowest BCUT2D eigenvalue weighted by molar-refractivity contribution is -0.118. The van der Waals surface area contributed by atoms with Gasteiger partial charge in [0.2, 0.25) is 11.6 Å². The zero-order valence-corrected chi connectivity index (χ0v) is 16.0. The molecule has 0 unspecified atom stereocenters. The summed E-state index contributed by atoms with van der Waals surface area (Å²) in [6.45, 7) is 0. The third-order valence-electron chi connectivity index (χ3n) is 4.07. The molecule has 0 radical (unpaired) electrons. The number of ether oxygens (including phenoxy) is 4. The van der Waals surface area contributed by atoms with Gasteiger partial charge in [-0.1, -0.05) is 0 Å². The van der Waals surface area contributed by atoms with Crippen LogP contribution in [0.1, 0.15) is 20.7 Å². The van der Waals surface area contributed by atoms with E-state index in [1.807, 2.05) is 0 Å². The molecule has 0 bridgehead atoms. The van der Waals surface area contributed by atoms with Crippen molar-refractivity contribution in [2.45, 2.75) is 0 Å². The van der Waals surface area contributed by atoms with Crippen molar-refractivity contribution in [3.05, 3.63) is 83.3 Å². The second-order valence-corrected chi connectivity index (χ2v) is 5.98. The molecule has 3 rings (SSSR count). The van der Waals surface area contributed by atoms with Gasteiger partial charge in [0.25, 0.3) is 0 Å². The van der Waals surface area contributed by atoms with Gasteiger partial charge in [-0.25, -0.2) is 9.59 Å². The Morgan fingerprint density at radius 3 is 1.23 bits per heavy atom. The van der Waals surface area contributed by atoms with Crippen LogP contribution in [0, 0.1) is 0 Å². The molecule has 0 aromatic heterocycles. The molecule has 0 N–H and O–H groups in total. The van der Waals surface area contributed by atoms with Crippen LogP contribution in [-0.4, -0.2) is 37.7 Å². The van der Waals surface area contributed by atoms with Crippen LogP contribution in [0.5, 0.6) is 11.5 Å². The SMILES string of the molecule is COc1ccc(C(=O)OC2=CC(=O)C(OC(=O)c3ccc(OC)cc3)=CC2=O)cc1. The minimum absolute atomic E-state index is 0.164. The lowest BCUT2D eigenvalue weighted by Gasteiger charge is -2.13. The molecule has 2 aromatic carbocycles. The lowest BCUT2D eigenvalue weighted by atomic mass is 10.1. The fraction of sp³-hybridized carbons (Fsp3) is 0.0909. The van der Waals surface area contributed by atoms with Crippen LogP contribution in [-0.2, 0) is 19.1 Å². The van der Waals surface area contributed by atoms with Crippen molar-refractivity contribution in [3.63, 3.8) is 0 Å². The van der Waals surface area contributed by atoms with Crippen LogP contribution in [0.2, 0.25) is 0 Å². The zero-order chi connectivity index (χ0) is 21.7. The number of hydrogen-bond acceptors (Lipinski definition) is 8. The van der Waals surface area contributed by atoms with E-state index >= 15 is 0 Å². The summed E-state index contributed by atoms with van der Waals surface area (Å²) in [6.07, 6.45) is 1.61. The maximum Gasteiger partial charge on any atom is 0.343 e. The molecule has 8 heteroatoms. The molecule has 152 valence electrons. The van der Waals surface area contributed by atoms with E-state index in [0.29, 0.717) is 11.5 Å². The van der Waals surface area contributed by atoms with Gasteiger partial charge in [0, 0.05) is 12.2 Å². The van der Waals surface area contributed by atoms with Gasteiger partial charge in [-0.05, 0) is 48.5 Å². The van der Waals surface area contributed by atoms with Crippen LogP contribution in [0.15, 0.2) is 72.2 Å². The predicted octanol–water partition coefficient (Wildman–Crippen LogP) is 2.64. The first kappa shape index (κ1) is 20.5. The minimum Gasteiger partial charge on any atom is -0.497 e. The summed E-state index contributed by atoms with van der Waals surface area (Å²) < 4.78 is 20.0. The van der Waals surface area contributed by atoms with Crippen molar-refractivity contribution >= 4 is 23.5 Å². The van der Waals surface area contributed by atoms with Gasteiger partial charge in [-0.3, -0.25) is 9.59 Å². The number of ketones is 2. The predicted molar refractivity (Wildman–Crippen MR) is 103 cm³/mol. The Morgan fingerprint density at radius 2 is 0.933 bits per heavy atom. The van der Waals surface area contributed by atoms with E-state index in [2.05, 4.69) is 0 Å². The van der Waals surface area contributed by atoms with Crippen LogP contribution < -0.4 is 9.47 Å². The summed E-state index contributed by atoms with van der Waals surface area (Å²) >= 11 is 0. The van der Waals surface area contributed by atoms with E-state index in [4.69, 9.17) is 18.9 Å². The van der Waals surface area contributed by atoms with Gasteiger partial charge < -0.3 is 18.9 Å². The first-order valence-corrected chi connectivity index (χ1v) is 8.66. The van der Waals surface area contributed by atoms with E-state index in [9.17, 15) is 19.2 Å². The molecule has 0 atom stereocenters. The van der Waals surface area contributed by atoms with Crippen LogP contribution in [0.4, 0.5) is 0 Å². The first-order valence-electron chi connectivity index (χ1n) is 8.66. The quantitative estimate of drug-likeness (QED) is 0.531. The average molecular weight is 408 g/mol. The van der Waals surface area contributed by atoms with Crippen LogP contribution in [0.25, 0.3) is 0 Å². The molecule has 30 heavy (non-hydrogen) atoms. The van der Waals surface area contributed by atoms with Gasteiger partial charge in [-0.2, -0.15) is 0 Å². The normalized spacial score (nSPS) is 13.1. The van der Waals surface area contributed by atoms with E-state index in [1.54, 1.807) is 24.3 Å². The Balaban J connectivity index is 1.66. The summed E-state index contributed by atoms with van der Waals surface area (Å²) in [5.74, 6) is -3.06. The topological polar surface area (TPSA) is 105 Å². The Bertz CT molecular complexity index is 972. The zero-order valence-electron chi connectivity index (χ0n) is 16.0. The van der Waals surface area contributed by atoms with Crippen LogP contribution >= 0.6 is 0 Å². The third kappa shape index (κ3) is 4.61. The van der Waals surface area contributed by atoms with Gasteiger partial charge >= 0.3 is 11.9 Å². The number of benzene rings is 2. The van der Waals surface area contributed by atoms with Crippen molar-refractivity contribution in [2.24, 2.45) is 0 Å². The molecule has 1 aliphatic rings. The number of rotatable bonds is 6. The third-order valence-corrected chi connectivity index (χ3v) is 4.07. The molecule has 0 fully saturated rings. The molecular formula is C22H16O8. The van der Waals surface area contributed by atoms with Crippen LogP contribution in [0.3, 0.4) is 0 Å². The largest absolute Gasteiger partial charge is 0.497 e. The van der Waals surface area contributed by atoms with Crippen molar-refractivity contribution in [2.75, 3.05) is 14.2 Å². The first-order chi connectivity index (χ1) is 14.4. The number of allylic oxidation sites excluding steroid dienone is 2. The number of esters is 2. The Labute approximate surface area is 171 Å². The second-order valence-electron chi connectivity index (χ2n) is 5.98. The fourth-order valence-corrected chi connectivity index (χ4v) is 2.45. The molecule has 2 aromatic rings. The Kier molecular flexibility index (Phi) is 6.07. The van der Waals surface area contributed by atoms with E-state index in [-0.39, 0.29) is 11.1 Å². The van der Waals surface area contributed by atoms with E-state index in [0.717, 1.165) is 12.2 Å². The lowest BCUT2D eigenvalue weighted by Crippen LogP contribution is -2.20. The molecule has 1 aliphatic carbocycles. The molecule has 0 amide bonds. The molecule has 0 saturated carbocycles. The van der Waals surface area contributed by atoms with Crippen molar-refractivity contribution in [1.82, 2.24) is 0 Å². The molecule has 8 nitrogen and oxygen atoms in total.